The van der Waals surface area contributed by atoms with E-state index in [1.54, 1.807) is 7.05 Å². The molecule has 0 saturated carbocycles. The van der Waals surface area contributed by atoms with Crippen molar-refractivity contribution in [3.05, 3.63) is 28.2 Å². The molecule has 1 rings (SSSR count). The molecule has 112 valence electrons. The quantitative estimate of drug-likeness (QED) is 0.763. The molecule has 1 aromatic rings. The van der Waals surface area contributed by atoms with Crippen molar-refractivity contribution in [3.8, 4) is 5.75 Å². The summed E-state index contributed by atoms with van der Waals surface area (Å²) >= 11 is 3.45. The molecule has 1 atom stereocenters. The molecule has 1 amide bonds. The van der Waals surface area contributed by atoms with Crippen LogP contribution in [0.5, 0.6) is 5.75 Å². The third-order valence-corrected chi connectivity index (χ3v) is 3.50. The zero-order chi connectivity index (χ0) is 15.0. The fraction of sp³-hybridized carbons (Fsp3) is 0.533. The number of benzene rings is 1. The van der Waals surface area contributed by atoms with Gasteiger partial charge in [0.25, 0.3) is 0 Å². The molecule has 0 spiro atoms. The molecule has 0 aliphatic rings. The molecule has 0 bridgehead atoms. The van der Waals surface area contributed by atoms with Crippen LogP contribution >= 0.6 is 15.9 Å². The van der Waals surface area contributed by atoms with Crippen molar-refractivity contribution in [2.45, 2.75) is 32.7 Å². The van der Waals surface area contributed by atoms with Crippen LogP contribution in [0.15, 0.2) is 22.7 Å². The molecule has 1 aromatic carbocycles. The maximum absolute atomic E-state index is 11.2. The van der Waals surface area contributed by atoms with Crippen molar-refractivity contribution in [2.75, 3.05) is 20.2 Å². The SMILES string of the molecule is CCCNC(C)c1ccc(Br)cc1OCCC(=O)NC. The van der Waals surface area contributed by atoms with Gasteiger partial charge in [-0.3, -0.25) is 4.79 Å². The number of ether oxygens (including phenoxy) is 1. The van der Waals surface area contributed by atoms with Gasteiger partial charge in [-0.05, 0) is 32.0 Å². The standard InChI is InChI=1S/C15H23BrN2O2/c1-4-8-18-11(2)13-6-5-12(16)10-14(13)20-9-7-15(19)17-3/h5-6,10-11,18H,4,7-9H2,1-3H3,(H,17,19). The summed E-state index contributed by atoms with van der Waals surface area (Å²) in [6.45, 7) is 5.60. The average Bonchev–Trinajstić information content (AvgIpc) is 2.44. The van der Waals surface area contributed by atoms with Crippen molar-refractivity contribution in [1.82, 2.24) is 10.6 Å². The van der Waals surface area contributed by atoms with Crippen molar-refractivity contribution >= 4 is 21.8 Å². The van der Waals surface area contributed by atoms with E-state index in [-0.39, 0.29) is 11.9 Å². The largest absolute Gasteiger partial charge is 0.493 e. The predicted octanol–water partition coefficient (Wildman–Crippen LogP) is 3.02. The van der Waals surface area contributed by atoms with Gasteiger partial charge in [-0.2, -0.15) is 0 Å². The topological polar surface area (TPSA) is 50.4 Å². The molecule has 20 heavy (non-hydrogen) atoms. The van der Waals surface area contributed by atoms with Gasteiger partial charge >= 0.3 is 0 Å². The van der Waals surface area contributed by atoms with Crippen molar-refractivity contribution in [1.29, 1.82) is 0 Å². The molecule has 0 saturated heterocycles. The van der Waals surface area contributed by atoms with Crippen molar-refractivity contribution in [2.24, 2.45) is 0 Å². The number of nitrogens with one attached hydrogen (secondary N) is 2. The lowest BCUT2D eigenvalue weighted by molar-refractivity contribution is -0.121. The number of carbonyl (C=O) groups is 1. The zero-order valence-corrected chi connectivity index (χ0v) is 13.9. The molecule has 5 heteroatoms. The van der Waals surface area contributed by atoms with Gasteiger partial charge in [0.1, 0.15) is 5.75 Å². The predicted molar refractivity (Wildman–Crippen MR) is 85.0 cm³/mol. The van der Waals surface area contributed by atoms with Gasteiger partial charge in [-0.1, -0.05) is 28.9 Å². The highest BCUT2D eigenvalue weighted by Gasteiger charge is 2.12. The second kappa shape index (κ2) is 8.97. The van der Waals surface area contributed by atoms with Gasteiger partial charge < -0.3 is 15.4 Å². The Labute approximate surface area is 129 Å². The molecule has 0 aliphatic heterocycles. The molecule has 0 radical (unpaired) electrons. The van der Waals surface area contributed by atoms with Crippen LogP contribution < -0.4 is 15.4 Å². The molecular weight excluding hydrogens is 320 g/mol. The second-order valence-corrected chi connectivity index (χ2v) is 5.55. The van der Waals surface area contributed by atoms with E-state index in [4.69, 9.17) is 4.74 Å². The Hall–Kier alpha value is -1.07. The first-order valence-corrected chi connectivity index (χ1v) is 7.74. The third kappa shape index (κ3) is 5.51. The summed E-state index contributed by atoms with van der Waals surface area (Å²) in [5, 5.41) is 6.03. The Morgan fingerprint density at radius 1 is 1.45 bits per heavy atom. The van der Waals surface area contributed by atoms with E-state index in [2.05, 4.69) is 40.4 Å². The Kier molecular flexibility index (Phi) is 7.62. The smallest absolute Gasteiger partial charge is 0.223 e. The summed E-state index contributed by atoms with van der Waals surface area (Å²) in [5.74, 6) is 0.804. The van der Waals surface area contributed by atoms with Crippen molar-refractivity contribution < 1.29 is 9.53 Å². The van der Waals surface area contributed by atoms with Crippen LogP contribution in [-0.4, -0.2) is 26.1 Å². The molecular formula is C15H23BrN2O2. The molecule has 0 heterocycles. The third-order valence-electron chi connectivity index (χ3n) is 3.01. The molecule has 0 aromatic heterocycles. The molecule has 0 aliphatic carbocycles. The van der Waals surface area contributed by atoms with Gasteiger partial charge in [-0.25, -0.2) is 0 Å². The van der Waals surface area contributed by atoms with Gasteiger partial charge in [0, 0.05) is 23.1 Å². The summed E-state index contributed by atoms with van der Waals surface area (Å²) in [5.41, 5.74) is 1.11. The van der Waals surface area contributed by atoms with Crippen LogP contribution in [0.1, 0.15) is 38.3 Å². The fourth-order valence-electron chi connectivity index (χ4n) is 1.84. The number of rotatable bonds is 8. The Morgan fingerprint density at radius 2 is 2.20 bits per heavy atom. The lowest BCUT2D eigenvalue weighted by Gasteiger charge is -2.18. The Morgan fingerprint density at radius 3 is 2.85 bits per heavy atom. The van der Waals surface area contributed by atoms with Crippen LogP contribution in [0.4, 0.5) is 0 Å². The first-order chi connectivity index (χ1) is 9.58. The average molecular weight is 343 g/mol. The van der Waals surface area contributed by atoms with Crippen molar-refractivity contribution in [3.63, 3.8) is 0 Å². The van der Waals surface area contributed by atoms with Gasteiger partial charge in [0.05, 0.1) is 13.0 Å². The molecule has 4 nitrogen and oxygen atoms in total. The molecule has 2 N–H and O–H groups in total. The number of hydrogen-bond donors (Lipinski definition) is 2. The minimum absolute atomic E-state index is 0.0151. The summed E-state index contributed by atoms with van der Waals surface area (Å²) < 4.78 is 6.73. The number of halogens is 1. The Bertz CT molecular complexity index is 438. The highest BCUT2D eigenvalue weighted by Crippen LogP contribution is 2.28. The van der Waals surface area contributed by atoms with Gasteiger partial charge in [0.15, 0.2) is 0 Å². The molecule has 1 unspecified atom stereocenters. The van der Waals surface area contributed by atoms with E-state index < -0.39 is 0 Å². The minimum Gasteiger partial charge on any atom is -0.493 e. The second-order valence-electron chi connectivity index (χ2n) is 4.63. The summed E-state index contributed by atoms with van der Waals surface area (Å²) in [6, 6.07) is 6.22. The van der Waals surface area contributed by atoms with E-state index in [1.165, 1.54) is 0 Å². The number of carbonyl (C=O) groups excluding carboxylic acids is 1. The highest BCUT2D eigenvalue weighted by atomic mass is 79.9. The van der Waals surface area contributed by atoms with Crippen LogP contribution in [0, 0.1) is 0 Å². The van der Waals surface area contributed by atoms with Crippen LogP contribution in [0.2, 0.25) is 0 Å². The van der Waals surface area contributed by atoms with E-state index in [0.29, 0.717) is 13.0 Å². The number of hydrogen-bond acceptors (Lipinski definition) is 3. The first-order valence-electron chi connectivity index (χ1n) is 6.94. The van der Waals surface area contributed by atoms with E-state index in [1.807, 2.05) is 18.2 Å². The number of amides is 1. The summed E-state index contributed by atoms with van der Waals surface area (Å²) in [6.07, 6.45) is 1.45. The van der Waals surface area contributed by atoms with Gasteiger partial charge in [0.2, 0.25) is 5.91 Å². The maximum Gasteiger partial charge on any atom is 0.223 e. The van der Waals surface area contributed by atoms with Gasteiger partial charge in [-0.15, -0.1) is 0 Å². The maximum atomic E-state index is 11.2. The summed E-state index contributed by atoms with van der Waals surface area (Å²) in [7, 11) is 1.63. The minimum atomic E-state index is -0.0151. The lowest BCUT2D eigenvalue weighted by Crippen LogP contribution is -2.22. The monoisotopic (exact) mass is 342 g/mol. The first kappa shape index (κ1) is 17.0. The zero-order valence-electron chi connectivity index (χ0n) is 12.3. The van der Waals surface area contributed by atoms with Crippen LogP contribution in [-0.2, 0) is 4.79 Å². The van der Waals surface area contributed by atoms with Crippen LogP contribution in [0.25, 0.3) is 0 Å². The lowest BCUT2D eigenvalue weighted by atomic mass is 10.1. The normalized spacial score (nSPS) is 12.0. The summed E-state index contributed by atoms with van der Waals surface area (Å²) in [4.78, 5) is 11.2. The Balaban J connectivity index is 2.71. The van der Waals surface area contributed by atoms with E-state index >= 15 is 0 Å². The fourth-order valence-corrected chi connectivity index (χ4v) is 2.18. The molecule has 0 fully saturated rings. The van der Waals surface area contributed by atoms with E-state index in [0.717, 1.165) is 28.8 Å². The van der Waals surface area contributed by atoms with Crippen LogP contribution in [0.3, 0.4) is 0 Å². The van der Waals surface area contributed by atoms with E-state index in [9.17, 15) is 4.79 Å². The highest BCUT2D eigenvalue weighted by molar-refractivity contribution is 9.10.